The van der Waals surface area contributed by atoms with Gasteiger partial charge in [0, 0.05) is 13.1 Å². The molecule has 1 atom stereocenters. The number of rotatable bonds is 8. The predicted molar refractivity (Wildman–Crippen MR) is 71.8 cm³/mol. The highest BCUT2D eigenvalue weighted by molar-refractivity contribution is 4.90. The summed E-state index contributed by atoms with van der Waals surface area (Å²) >= 11 is 0. The van der Waals surface area contributed by atoms with Crippen molar-refractivity contribution in [2.24, 2.45) is 5.92 Å². The van der Waals surface area contributed by atoms with Crippen LogP contribution >= 0.6 is 0 Å². The first-order chi connectivity index (χ1) is 7.86. The van der Waals surface area contributed by atoms with Gasteiger partial charge in [-0.1, -0.05) is 26.0 Å². The zero-order valence-corrected chi connectivity index (χ0v) is 11.0. The van der Waals surface area contributed by atoms with E-state index in [1.54, 1.807) is 0 Å². The number of allylic oxidation sites excluding steroid dienone is 2. The van der Waals surface area contributed by atoms with Crippen molar-refractivity contribution in [3.8, 4) is 0 Å². The molecule has 0 heterocycles. The van der Waals surface area contributed by atoms with Crippen molar-refractivity contribution in [3.63, 3.8) is 0 Å². The Labute approximate surface area is 101 Å². The standard InChI is InChI=1S/C14H28N2/c1-3-11-16(4-2)12-10-15-13-14-8-6-5-7-9-14/h5-6,14-15H,3-4,7-13H2,1-2H3. The van der Waals surface area contributed by atoms with Crippen LogP contribution in [0, 0.1) is 5.92 Å². The summed E-state index contributed by atoms with van der Waals surface area (Å²) in [5.74, 6) is 0.881. The normalized spacial score (nSPS) is 20.6. The summed E-state index contributed by atoms with van der Waals surface area (Å²) < 4.78 is 0. The summed E-state index contributed by atoms with van der Waals surface area (Å²) in [6, 6.07) is 0. The van der Waals surface area contributed by atoms with E-state index in [2.05, 4.69) is 36.2 Å². The molecule has 1 aliphatic carbocycles. The van der Waals surface area contributed by atoms with Crippen LogP contribution in [0.25, 0.3) is 0 Å². The van der Waals surface area contributed by atoms with Gasteiger partial charge in [-0.25, -0.2) is 0 Å². The number of nitrogens with one attached hydrogen (secondary N) is 1. The summed E-state index contributed by atoms with van der Waals surface area (Å²) in [4.78, 5) is 2.52. The average Bonchev–Trinajstić information content (AvgIpc) is 2.34. The maximum atomic E-state index is 3.60. The van der Waals surface area contributed by atoms with Crippen molar-refractivity contribution < 1.29 is 0 Å². The van der Waals surface area contributed by atoms with Crippen LogP contribution in [0.3, 0.4) is 0 Å². The summed E-state index contributed by atoms with van der Waals surface area (Å²) in [6.07, 6.45) is 9.85. The Morgan fingerprint density at radius 1 is 1.25 bits per heavy atom. The minimum Gasteiger partial charge on any atom is -0.315 e. The summed E-state index contributed by atoms with van der Waals surface area (Å²) in [5, 5.41) is 3.60. The molecular weight excluding hydrogens is 196 g/mol. The first-order valence-electron chi connectivity index (χ1n) is 6.94. The van der Waals surface area contributed by atoms with E-state index in [1.807, 2.05) is 0 Å². The maximum absolute atomic E-state index is 3.60. The largest absolute Gasteiger partial charge is 0.315 e. The van der Waals surface area contributed by atoms with Crippen LogP contribution in [0.1, 0.15) is 39.5 Å². The number of hydrogen-bond acceptors (Lipinski definition) is 2. The number of hydrogen-bond donors (Lipinski definition) is 1. The molecule has 0 spiro atoms. The van der Waals surface area contributed by atoms with Crippen LogP contribution in [0.2, 0.25) is 0 Å². The van der Waals surface area contributed by atoms with Gasteiger partial charge in [0.05, 0.1) is 0 Å². The molecule has 0 saturated carbocycles. The predicted octanol–water partition coefficient (Wildman–Crippen LogP) is 2.66. The van der Waals surface area contributed by atoms with Gasteiger partial charge in [-0.15, -0.1) is 0 Å². The highest BCUT2D eigenvalue weighted by Gasteiger charge is 2.08. The molecule has 1 rings (SSSR count). The Morgan fingerprint density at radius 2 is 2.12 bits per heavy atom. The summed E-state index contributed by atoms with van der Waals surface area (Å²) in [7, 11) is 0. The lowest BCUT2D eigenvalue weighted by molar-refractivity contribution is 0.284. The molecule has 0 radical (unpaired) electrons. The smallest absolute Gasteiger partial charge is 0.0107 e. The fraction of sp³-hybridized carbons (Fsp3) is 0.857. The van der Waals surface area contributed by atoms with E-state index in [4.69, 9.17) is 0 Å². The fourth-order valence-electron chi connectivity index (χ4n) is 2.33. The zero-order chi connectivity index (χ0) is 11.6. The van der Waals surface area contributed by atoms with Crippen molar-refractivity contribution in [2.45, 2.75) is 39.5 Å². The molecule has 94 valence electrons. The van der Waals surface area contributed by atoms with Crippen LogP contribution in [0.15, 0.2) is 12.2 Å². The molecule has 16 heavy (non-hydrogen) atoms. The Morgan fingerprint density at radius 3 is 2.75 bits per heavy atom. The first-order valence-corrected chi connectivity index (χ1v) is 6.94. The van der Waals surface area contributed by atoms with Crippen LogP contribution in [0.4, 0.5) is 0 Å². The number of nitrogens with zero attached hydrogens (tertiary/aromatic N) is 1. The van der Waals surface area contributed by atoms with Gasteiger partial charge in [-0.3, -0.25) is 0 Å². The van der Waals surface area contributed by atoms with Crippen molar-refractivity contribution >= 4 is 0 Å². The zero-order valence-electron chi connectivity index (χ0n) is 11.0. The van der Waals surface area contributed by atoms with Gasteiger partial charge in [0.2, 0.25) is 0 Å². The Bertz CT molecular complexity index is 189. The quantitative estimate of drug-likeness (QED) is 0.504. The van der Waals surface area contributed by atoms with E-state index < -0.39 is 0 Å². The third-order valence-corrected chi connectivity index (χ3v) is 3.40. The van der Waals surface area contributed by atoms with E-state index in [0.717, 1.165) is 12.5 Å². The van der Waals surface area contributed by atoms with Gasteiger partial charge in [0.1, 0.15) is 0 Å². The van der Waals surface area contributed by atoms with Crippen LogP contribution < -0.4 is 5.32 Å². The Balaban J connectivity index is 1.99. The van der Waals surface area contributed by atoms with Crippen molar-refractivity contribution in [2.75, 3.05) is 32.7 Å². The minimum absolute atomic E-state index is 0.881. The molecule has 0 aromatic rings. The SMILES string of the molecule is CCCN(CC)CCNCC1CC=CCC1. The summed E-state index contributed by atoms with van der Waals surface area (Å²) in [6.45, 7) is 10.5. The van der Waals surface area contributed by atoms with Gasteiger partial charge in [-0.05, 0) is 51.2 Å². The highest BCUT2D eigenvalue weighted by Crippen LogP contribution is 2.16. The van der Waals surface area contributed by atoms with Crippen molar-refractivity contribution in [3.05, 3.63) is 12.2 Å². The topological polar surface area (TPSA) is 15.3 Å². The second kappa shape index (κ2) is 8.77. The van der Waals surface area contributed by atoms with Gasteiger partial charge in [0.25, 0.3) is 0 Å². The van der Waals surface area contributed by atoms with Crippen LogP contribution in [-0.4, -0.2) is 37.6 Å². The monoisotopic (exact) mass is 224 g/mol. The van der Waals surface area contributed by atoms with E-state index in [0.29, 0.717) is 0 Å². The molecular formula is C14H28N2. The second-order valence-electron chi connectivity index (χ2n) is 4.79. The van der Waals surface area contributed by atoms with Gasteiger partial charge in [-0.2, -0.15) is 0 Å². The third kappa shape index (κ3) is 5.66. The molecule has 1 unspecified atom stereocenters. The first kappa shape index (κ1) is 13.7. The third-order valence-electron chi connectivity index (χ3n) is 3.40. The lowest BCUT2D eigenvalue weighted by Gasteiger charge is -2.22. The van der Waals surface area contributed by atoms with Gasteiger partial charge in [0.15, 0.2) is 0 Å². The summed E-state index contributed by atoms with van der Waals surface area (Å²) in [5.41, 5.74) is 0. The molecule has 0 aromatic heterocycles. The number of likely N-dealkylation sites (N-methyl/N-ethyl adjacent to an activating group) is 1. The fourth-order valence-corrected chi connectivity index (χ4v) is 2.33. The van der Waals surface area contributed by atoms with Crippen LogP contribution in [-0.2, 0) is 0 Å². The molecule has 1 N–H and O–H groups in total. The molecule has 2 nitrogen and oxygen atoms in total. The van der Waals surface area contributed by atoms with Crippen molar-refractivity contribution in [1.29, 1.82) is 0 Å². The molecule has 0 bridgehead atoms. The molecule has 0 saturated heterocycles. The maximum Gasteiger partial charge on any atom is 0.0107 e. The molecule has 1 aliphatic rings. The van der Waals surface area contributed by atoms with Crippen LogP contribution in [0.5, 0.6) is 0 Å². The van der Waals surface area contributed by atoms with E-state index in [1.165, 1.54) is 51.9 Å². The molecule has 0 aromatic carbocycles. The van der Waals surface area contributed by atoms with Gasteiger partial charge < -0.3 is 10.2 Å². The molecule has 0 amide bonds. The molecule has 2 heteroatoms. The highest BCUT2D eigenvalue weighted by atomic mass is 15.1. The van der Waals surface area contributed by atoms with Crippen molar-refractivity contribution in [1.82, 2.24) is 10.2 Å². The van der Waals surface area contributed by atoms with E-state index >= 15 is 0 Å². The second-order valence-corrected chi connectivity index (χ2v) is 4.79. The molecule has 0 fully saturated rings. The minimum atomic E-state index is 0.881. The average molecular weight is 224 g/mol. The van der Waals surface area contributed by atoms with E-state index in [9.17, 15) is 0 Å². The molecule has 0 aliphatic heterocycles. The Hall–Kier alpha value is -0.340. The van der Waals surface area contributed by atoms with Gasteiger partial charge >= 0.3 is 0 Å². The Kier molecular flexibility index (Phi) is 7.52. The van der Waals surface area contributed by atoms with E-state index in [-0.39, 0.29) is 0 Å². The lowest BCUT2D eigenvalue weighted by atomic mass is 9.94. The lowest BCUT2D eigenvalue weighted by Crippen LogP contribution is -2.34.